The molecule has 0 amide bonds. The molecular formula is C15H29NO2. The van der Waals surface area contributed by atoms with Gasteiger partial charge in [0.2, 0.25) is 0 Å². The van der Waals surface area contributed by atoms with Crippen LogP contribution in [0.5, 0.6) is 0 Å². The lowest BCUT2D eigenvalue weighted by Gasteiger charge is -2.43. The second-order valence-electron chi connectivity index (χ2n) is 5.78. The molecule has 0 saturated heterocycles. The average Bonchev–Trinajstić information content (AvgIpc) is 2.85. The first kappa shape index (κ1) is 14.3. The van der Waals surface area contributed by atoms with E-state index in [1.54, 1.807) is 7.11 Å². The van der Waals surface area contributed by atoms with Crippen LogP contribution >= 0.6 is 0 Å². The minimum atomic E-state index is 0.261. The van der Waals surface area contributed by atoms with Gasteiger partial charge in [-0.2, -0.15) is 0 Å². The van der Waals surface area contributed by atoms with Crippen molar-refractivity contribution in [3.05, 3.63) is 0 Å². The Balaban J connectivity index is 1.54. The molecule has 3 unspecified atom stereocenters. The first-order valence-corrected chi connectivity index (χ1v) is 7.73. The lowest BCUT2D eigenvalue weighted by atomic mass is 9.85. The second-order valence-corrected chi connectivity index (χ2v) is 5.78. The molecule has 0 aromatic carbocycles. The number of ether oxygens (including phenoxy) is 2. The van der Waals surface area contributed by atoms with Crippen LogP contribution in [0.2, 0.25) is 0 Å². The van der Waals surface area contributed by atoms with Crippen LogP contribution in [0.1, 0.15) is 51.9 Å². The van der Waals surface area contributed by atoms with Gasteiger partial charge in [0.15, 0.2) is 0 Å². The summed E-state index contributed by atoms with van der Waals surface area (Å²) in [4.78, 5) is 0. The Morgan fingerprint density at radius 3 is 2.67 bits per heavy atom. The number of hydrogen-bond acceptors (Lipinski definition) is 3. The molecule has 2 aliphatic carbocycles. The molecule has 2 fully saturated rings. The average molecular weight is 255 g/mol. The van der Waals surface area contributed by atoms with E-state index < -0.39 is 0 Å². The largest absolute Gasteiger partial charge is 0.377 e. The van der Waals surface area contributed by atoms with Gasteiger partial charge in [-0.25, -0.2) is 0 Å². The molecule has 3 atom stereocenters. The number of methoxy groups -OCH3 is 1. The van der Waals surface area contributed by atoms with Crippen LogP contribution in [0.15, 0.2) is 0 Å². The summed E-state index contributed by atoms with van der Waals surface area (Å²) in [7, 11) is 1.79. The summed E-state index contributed by atoms with van der Waals surface area (Å²) < 4.78 is 11.1. The van der Waals surface area contributed by atoms with Gasteiger partial charge in [-0.1, -0.05) is 25.7 Å². The number of rotatable bonds is 8. The van der Waals surface area contributed by atoms with Crippen LogP contribution in [-0.4, -0.2) is 38.5 Å². The normalized spacial score (nSPS) is 32.7. The van der Waals surface area contributed by atoms with Crippen molar-refractivity contribution >= 4 is 0 Å². The van der Waals surface area contributed by atoms with Gasteiger partial charge in [-0.05, 0) is 38.6 Å². The summed E-state index contributed by atoms with van der Waals surface area (Å²) >= 11 is 0. The minimum Gasteiger partial charge on any atom is -0.377 e. The molecule has 0 bridgehead atoms. The van der Waals surface area contributed by atoms with Gasteiger partial charge < -0.3 is 14.8 Å². The lowest BCUT2D eigenvalue weighted by molar-refractivity contribution is -0.131. The van der Waals surface area contributed by atoms with E-state index >= 15 is 0 Å². The van der Waals surface area contributed by atoms with Gasteiger partial charge >= 0.3 is 0 Å². The molecule has 2 rings (SSSR count). The highest BCUT2D eigenvalue weighted by Gasteiger charge is 2.41. The maximum absolute atomic E-state index is 5.63. The molecule has 0 spiro atoms. The fraction of sp³-hybridized carbons (Fsp3) is 1.00. The molecule has 0 aromatic heterocycles. The zero-order valence-corrected chi connectivity index (χ0v) is 12.0. The van der Waals surface area contributed by atoms with Crippen molar-refractivity contribution in [3.63, 3.8) is 0 Å². The summed E-state index contributed by atoms with van der Waals surface area (Å²) in [5.41, 5.74) is 0. The number of nitrogens with one attached hydrogen (secondary N) is 1. The van der Waals surface area contributed by atoms with Gasteiger partial charge in [0.05, 0.1) is 12.2 Å². The van der Waals surface area contributed by atoms with E-state index in [4.69, 9.17) is 9.47 Å². The van der Waals surface area contributed by atoms with Gasteiger partial charge in [0, 0.05) is 19.8 Å². The highest BCUT2D eigenvalue weighted by molar-refractivity contribution is 4.97. The van der Waals surface area contributed by atoms with E-state index in [2.05, 4.69) is 12.2 Å². The van der Waals surface area contributed by atoms with Crippen molar-refractivity contribution in [2.45, 2.75) is 70.1 Å². The molecule has 18 heavy (non-hydrogen) atoms. The first-order valence-electron chi connectivity index (χ1n) is 7.73. The van der Waals surface area contributed by atoms with Crippen LogP contribution in [-0.2, 0) is 9.47 Å². The maximum Gasteiger partial charge on any atom is 0.0986 e. The summed E-state index contributed by atoms with van der Waals surface area (Å²) in [6.07, 6.45) is 10.3. The molecular weight excluding hydrogens is 226 g/mol. The van der Waals surface area contributed by atoms with Gasteiger partial charge in [-0.15, -0.1) is 0 Å². The third kappa shape index (κ3) is 3.69. The van der Waals surface area contributed by atoms with Crippen molar-refractivity contribution in [3.8, 4) is 0 Å². The Morgan fingerprint density at radius 1 is 1.22 bits per heavy atom. The van der Waals surface area contributed by atoms with Crippen molar-refractivity contribution in [2.75, 3.05) is 20.3 Å². The van der Waals surface area contributed by atoms with Crippen LogP contribution in [0, 0.1) is 5.92 Å². The Kier molecular flexibility index (Phi) is 5.93. The highest BCUT2D eigenvalue weighted by atomic mass is 16.5. The van der Waals surface area contributed by atoms with Crippen LogP contribution < -0.4 is 5.32 Å². The molecule has 1 N–H and O–H groups in total. The Morgan fingerprint density at radius 2 is 2.00 bits per heavy atom. The monoisotopic (exact) mass is 255 g/mol. The van der Waals surface area contributed by atoms with Gasteiger partial charge in [0.1, 0.15) is 0 Å². The summed E-state index contributed by atoms with van der Waals surface area (Å²) in [5.74, 6) is 1.02. The quantitative estimate of drug-likeness (QED) is 0.677. The van der Waals surface area contributed by atoms with E-state index in [0.717, 1.165) is 25.5 Å². The fourth-order valence-corrected chi connectivity index (χ4v) is 3.45. The van der Waals surface area contributed by atoms with E-state index in [1.165, 1.54) is 38.5 Å². The predicted molar refractivity (Wildman–Crippen MR) is 73.8 cm³/mol. The van der Waals surface area contributed by atoms with Gasteiger partial charge in [-0.3, -0.25) is 0 Å². The van der Waals surface area contributed by atoms with Crippen molar-refractivity contribution in [1.82, 2.24) is 5.32 Å². The molecule has 3 nitrogen and oxygen atoms in total. The Hall–Kier alpha value is -0.120. The third-order valence-corrected chi connectivity index (χ3v) is 4.57. The maximum atomic E-state index is 5.63. The molecule has 0 aromatic rings. The summed E-state index contributed by atoms with van der Waals surface area (Å²) in [6, 6.07) is 0.509. The number of hydrogen-bond donors (Lipinski definition) is 1. The van der Waals surface area contributed by atoms with Crippen molar-refractivity contribution in [2.24, 2.45) is 5.92 Å². The third-order valence-electron chi connectivity index (χ3n) is 4.57. The smallest absolute Gasteiger partial charge is 0.0986 e. The molecule has 0 radical (unpaired) electrons. The van der Waals surface area contributed by atoms with E-state index in [9.17, 15) is 0 Å². The highest BCUT2D eigenvalue weighted by Crippen LogP contribution is 2.29. The van der Waals surface area contributed by atoms with Crippen molar-refractivity contribution < 1.29 is 9.47 Å². The first-order chi connectivity index (χ1) is 8.85. The topological polar surface area (TPSA) is 30.5 Å². The van der Waals surface area contributed by atoms with Crippen LogP contribution in [0.25, 0.3) is 0 Å². The molecule has 106 valence electrons. The van der Waals surface area contributed by atoms with Gasteiger partial charge in [0.25, 0.3) is 0 Å². The summed E-state index contributed by atoms with van der Waals surface area (Å²) in [6.45, 7) is 3.98. The standard InChI is InChI=1S/C15H29NO2/c1-3-18-14-11-13(15(14)17-2)16-10-6-9-12-7-4-5-8-12/h12-16H,3-11H2,1-2H3. The second kappa shape index (κ2) is 7.46. The molecule has 2 aliphatic rings. The lowest BCUT2D eigenvalue weighted by Crippen LogP contribution is -2.59. The van der Waals surface area contributed by atoms with Crippen LogP contribution in [0.4, 0.5) is 0 Å². The zero-order valence-electron chi connectivity index (χ0n) is 12.0. The summed E-state index contributed by atoms with van der Waals surface area (Å²) in [5, 5.41) is 3.63. The molecule has 0 aliphatic heterocycles. The Labute approximate surface area is 112 Å². The predicted octanol–water partition coefficient (Wildman–Crippen LogP) is 2.74. The Bertz CT molecular complexity index is 229. The van der Waals surface area contributed by atoms with E-state index in [0.29, 0.717) is 12.1 Å². The van der Waals surface area contributed by atoms with Crippen molar-refractivity contribution in [1.29, 1.82) is 0 Å². The van der Waals surface area contributed by atoms with Crippen LogP contribution in [0.3, 0.4) is 0 Å². The molecule has 3 heteroatoms. The molecule has 2 saturated carbocycles. The zero-order chi connectivity index (χ0) is 12.8. The SMILES string of the molecule is CCOC1CC(NCCCC2CCCC2)C1OC. The fourth-order valence-electron chi connectivity index (χ4n) is 3.45. The van der Waals surface area contributed by atoms with E-state index in [-0.39, 0.29) is 6.10 Å². The molecule has 0 heterocycles. The minimum absolute atomic E-state index is 0.261. The van der Waals surface area contributed by atoms with E-state index in [1.807, 2.05) is 0 Å².